The molecule has 0 spiro atoms. The standard InChI is InChI=1S/C12H22NO5P/c1-10(2)5-4-6-11(3)7-8-18-13-12(14)9-19(15,16)17/h5,7H,4,6,8-9H2,1-3H3,(H,13,14)(H2,15,16,17)/b11-7+. The Kier molecular flexibility index (Phi) is 8.59. The Balaban J connectivity index is 3.81. The summed E-state index contributed by atoms with van der Waals surface area (Å²) in [7, 11) is -4.33. The first-order valence-electron chi connectivity index (χ1n) is 5.95. The Morgan fingerprint density at radius 1 is 1.26 bits per heavy atom. The van der Waals surface area contributed by atoms with E-state index >= 15 is 0 Å². The molecule has 0 saturated heterocycles. The Bertz CT molecular complexity index is 393. The number of hydrogen-bond donors (Lipinski definition) is 3. The van der Waals surface area contributed by atoms with Crippen LogP contribution in [-0.2, 0) is 14.2 Å². The summed E-state index contributed by atoms with van der Waals surface area (Å²) < 4.78 is 10.5. The minimum atomic E-state index is -4.33. The fourth-order valence-corrected chi connectivity index (χ4v) is 1.65. The second kappa shape index (κ2) is 9.04. The fourth-order valence-electron chi connectivity index (χ4n) is 1.22. The van der Waals surface area contributed by atoms with Gasteiger partial charge in [0.15, 0.2) is 0 Å². The van der Waals surface area contributed by atoms with Gasteiger partial charge in [-0.15, -0.1) is 0 Å². The first kappa shape index (κ1) is 18.1. The van der Waals surface area contributed by atoms with Crippen molar-refractivity contribution in [1.82, 2.24) is 5.48 Å². The van der Waals surface area contributed by atoms with E-state index in [1.165, 1.54) is 5.57 Å². The van der Waals surface area contributed by atoms with Gasteiger partial charge in [-0.2, -0.15) is 0 Å². The van der Waals surface area contributed by atoms with Crippen molar-refractivity contribution < 1.29 is 24.0 Å². The molecule has 0 bridgehead atoms. The molecular weight excluding hydrogens is 269 g/mol. The van der Waals surface area contributed by atoms with Gasteiger partial charge in [0.2, 0.25) is 0 Å². The molecule has 0 saturated carbocycles. The van der Waals surface area contributed by atoms with Crippen LogP contribution in [-0.4, -0.2) is 28.5 Å². The number of hydrogen-bond acceptors (Lipinski definition) is 3. The van der Waals surface area contributed by atoms with Crippen LogP contribution in [0.3, 0.4) is 0 Å². The topological polar surface area (TPSA) is 95.9 Å². The van der Waals surface area contributed by atoms with E-state index in [0.717, 1.165) is 18.4 Å². The predicted octanol–water partition coefficient (Wildman–Crippen LogP) is 1.90. The van der Waals surface area contributed by atoms with Crippen molar-refractivity contribution in [1.29, 1.82) is 0 Å². The average molecular weight is 291 g/mol. The van der Waals surface area contributed by atoms with Gasteiger partial charge in [-0.1, -0.05) is 23.3 Å². The third kappa shape index (κ3) is 13.3. The van der Waals surface area contributed by atoms with Crippen LogP contribution in [0.15, 0.2) is 23.3 Å². The third-order valence-electron chi connectivity index (χ3n) is 2.14. The van der Waals surface area contributed by atoms with Crippen molar-refractivity contribution in [3.05, 3.63) is 23.3 Å². The van der Waals surface area contributed by atoms with Gasteiger partial charge in [0, 0.05) is 0 Å². The number of amides is 1. The van der Waals surface area contributed by atoms with Gasteiger partial charge >= 0.3 is 7.60 Å². The van der Waals surface area contributed by atoms with Gasteiger partial charge in [0.1, 0.15) is 6.16 Å². The summed E-state index contributed by atoms with van der Waals surface area (Å²) >= 11 is 0. The molecule has 0 aromatic heterocycles. The van der Waals surface area contributed by atoms with E-state index in [4.69, 9.17) is 14.6 Å². The smallest absolute Gasteiger partial charge is 0.324 e. The Labute approximate surface area is 113 Å². The normalized spacial score (nSPS) is 12.2. The molecular formula is C12H22NO5P. The van der Waals surface area contributed by atoms with Crippen molar-refractivity contribution in [3.8, 4) is 0 Å². The van der Waals surface area contributed by atoms with Crippen LogP contribution in [0, 0.1) is 0 Å². The molecule has 0 aromatic rings. The van der Waals surface area contributed by atoms with Crippen LogP contribution in [0.25, 0.3) is 0 Å². The molecule has 6 nitrogen and oxygen atoms in total. The number of hydroxylamine groups is 1. The maximum Gasteiger partial charge on any atom is 0.334 e. The average Bonchev–Trinajstić information content (AvgIpc) is 2.21. The van der Waals surface area contributed by atoms with Crippen LogP contribution in [0.1, 0.15) is 33.6 Å². The summed E-state index contributed by atoms with van der Waals surface area (Å²) in [4.78, 5) is 32.9. The lowest BCUT2D eigenvalue weighted by atomic mass is 10.1. The van der Waals surface area contributed by atoms with E-state index < -0.39 is 19.7 Å². The van der Waals surface area contributed by atoms with Crippen LogP contribution in [0.5, 0.6) is 0 Å². The molecule has 0 fully saturated rings. The highest BCUT2D eigenvalue weighted by Crippen LogP contribution is 2.33. The number of rotatable bonds is 8. The Morgan fingerprint density at radius 3 is 2.42 bits per heavy atom. The van der Waals surface area contributed by atoms with Crippen LogP contribution in [0.2, 0.25) is 0 Å². The van der Waals surface area contributed by atoms with E-state index in [0.29, 0.717) is 0 Å². The Morgan fingerprint density at radius 2 is 1.89 bits per heavy atom. The van der Waals surface area contributed by atoms with Crippen LogP contribution in [0.4, 0.5) is 0 Å². The Hall–Kier alpha value is -0.940. The zero-order valence-corrected chi connectivity index (χ0v) is 12.4. The largest absolute Gasteiger partial charge is 0.334 e. The molecule has 0 radical (unpaired) electrons. The highest BCUT2D eigenvalue weighted by molar-refractivity contribution is 7.52. The SMILES string of the molecule is CC(C)=CCC/C(C)=C/CONC(=O)CP(=O)(O)O. The van der Waals surface area contributed by atoms with Crippen molar-refractivity contribution in [3.63, 3.8) is 0 Å². The summed E-state index contributed by atoms with van der Waals surface area (Å²) in [5.41, 5.74) is 4.38. The molecule has 0 aliphatic heterocycles. The minimum Gasteiger partial charge on any atom is -0.324 e. The lowest BCUT2D eigenvalue weighted by Crippen LogP contribution is -2.26. The highest BCUT2D eigenvalue weighted by atomic mass is 31.2. The lowest BCUT2D eigenvalue weighted by Gasteiger charge is -2.05. The summed E-state index contributed by atoms with van der Waals surface area (Å²) in [5.74, 6) is -0.830. The molecule has 0 aromatic carbocycles. The molecule has 1 amide bonds. The van der Waals surface area contributed by atoms with Crippen molar-refractivity contribution in [2.75, 3.05) is 12.8 Å². The number of nitrogens with one attached hydrogen (secondary N) is 1. The summed E-state index contributed by atoms with van der Waals surface area (Å²) in [6, 6.07) is 0. The van der Waals surface area contributed by atoms with Gasteiger partial charge in [-0.25, -0.2) is 5.48 Å². The third-order valence-corrected chi connectivity index (χ3v) is 2.84. The van der Waals surface area contributed by atoms with Crippen molar-refractivity contribution >= 4 is 13.5 Å². The zero-order valence-electron chi connectivity index (χ0n) is 11.5. The zero-order chi connectivity index (χ0) is 14.9. The lowest BCUT2D eigenvalue weighted by molar-refractivity contribution is -0.130. The van der Waals surface area contributed by atoms with Gasteiger partial charge in [0.05, 0.1) is 6.61 Å². The molecule has 0 unspecified atom stereocenters. The summed E-state index contributed by atoms with van der Waals surface area (Å²) in [6.07, 6.45) is 4.95. The minimum absolute atomic E-state index is 0.174. The van der Waals surface area contributed by atoms with Gasteiger partial charge in [-0.05, 0) is 33.6 Å². The second-order valence-corrected chi connectivity index (χ2v) is 6.18. The second-order valence-electron chi connectivity index (χ2n) is 4.53. The number of carbonyl (C=O) groups is 1. The molecule has 0 atom stereocenters. The van der Waals surface area contributed by atoms with Gasteiger partial charge < -0.3 is 9.79 Å². The van der Waals surface area contributed by atoms with E-state index in [1.54, 1.807) is 0 Å². The van der Waals surface area contributed by atoms with Crippen LogP contribution < -0.4 is 5.48 Å². The first-order valence-corrected chi connectivity index (χ1v) is 7.74. The molecule has 110 valence electrons. The first-order chi connectivity index (χ1) is 8.70. The van der Waals surface area contributed by atoms with Crippen molar-refractivity contribution in [2.24, 2.45) is 0 Å². The van der Waals surface area contributed by atoms with E-state index in [-0.39, 0.29) is 6.61 Å². The summed E-state index contributed by atoms with van der Waals surface area (Å²) in [6.45, 7) is 6.21. The molecule has 0 heterocycles. The fraction of sp³-hybridized carbons (Fsp3) is 0.583. The monoisotopic (exact) mass is 291 g/mol. The van der Waals surface area contributed by atoms with E-state index in [2.05, 4.69) is 6.08 Å². The molecule has 0 aliphatic rings. The maximum absolute atomic E-state index is 11.0. The van der Waals surface area contributed by atoms with Crippen molar-refractivity contribution in [2.45, 2.75) is 33.6 Å². The van der Waals surface area contributed by atoms with Gasteiger partial charge in [-0.3, -0.25) is 14.2 Å². The predicted molar refractivity (Wildman–Crippen MR) is 73.4 cm³/mol. The number of allylic oxidation sites excluding steroid dienone is 3. The summed E-state index contributed by atoms with van der Waals surface area (Å²) in [5, 5.41) is 0. The number of carbonyl (C=O) groups excluding carboxylic acids is 1. The van der Waals surface area contributed by atoms with Crippen LogP contribution >= 0.6 is 7.60 Å². The van der Waals surface area contributed by atoms with E-state index in [1.807, 2.05) is 32.3 Å². The van der Waals surface area contributed by atoms with E-state index in [9.17, 15) is 9.36 Å². The maximum atomic E-state index is 11.0. The van der Waals surface area contributed by atoms with Gasteiger partial charge in [0.25, 0.3) is 5.91 Å². The molecule has 3 N–H and O–H groups in total. The molecule has 0 aliphatic carbocycles. The molecule has 19 heavy (non-hydrogen) atoms. The molecule has 7 heteroatoms. The molecule has 0 rings (SSSR count). The highest BCUT2D eigenvalue weighted by Gasteiger charge is 2.18. The quantitative estimate of drug-likeness (QED) is 0.275.